The molecule has 1 aliphatic rings. The van der Waals surface area contributed by atoms with Crippen molar-refractivity contribution in [3.05, 3.63) is 109 Å². The summed E-state index contributed by atoms with van der Waals surface area (Å²) in [6, 6.07) is 35.0. The molecule has 2 N–H and O–H groups in total. The van der Waals surface area contributed by atoms with Crippen molar-refractivity contribution in [1.82, 2.24) is 9.55 Å². The van der Waals surface area contributed by atoms with Crippen molar-refractivity contribution >= 4 is 33.2 Å². The average molecular weight is 411 g/mol. The van der Waals surface area contributed by atoms with E-state index in [1.165, 1.54) is 55.4 Å². The first kappa shape index (κ1) is 17.5. The maximum atomic E-state index is 4.20. The summed E-state index contributed by atoms with van der Waals surface area (Å²) >= 11 is 0. The minimum absolute atomic E-state index is 1.13. The van der Waals surface area contributed by atoms with Crippen LogP contribution in [0.1, 0.15) is 0 Å². The molecule has 0 saturated carbocycles. The molecule has 0 saturated heterocycles. The predicted octanol–water partition coefficient (Wildman–Crippen LogP) is 6.35. The molecule has 32 heavy (non-hydrogen) atoms. The normalized spacial score (nSPS) is 12.2. The Kier molecular flexibility index (Phi) is 3.63. The molecule has 0 unspecified atom stereocenters. The Labute approximate surface area is 185 Å². The van der Waals surface area contributed by atoms with Gasteiger partial charge in [-0.1, -0.05) is 36.4 Å². The van der Waals surface area contributed by atoms with Crippen LogP contribution in [0.3, 0.4) is 0 Å². The monoisotopic (exact) mass is 410 g/mol. The Morgan fingerprint density at radius 3 is 2.22 bits per heavy atom. The maximum Gasteiger partial charge on any atom is 0.142 e. The third-order valence-corrected chi connectivity index (χ3v) is 6.54. The first-order valence-electron chi connectivity index (χ1n) is 10.9. The molecule has 0 spiro atoms. The maximum absolute atomic E-state index is 4.20. The van der Waals surface area contributed by atoms with Crippen molar-refractivity contribution in [3.63, 3.8) is 0 Å². The molecule has 7 rings (SSSR count). The van der Waals surface area contributed by atoms with Gasteiger partial charge >= 0.3 is 0 Å². The van der Waals surface area contributed by atoms with Gasteiger partial charge in [0.2, 0.25) is 0 Å². The van der Waals surface area contributed by atoms with Gasteiger partial charge in [-0.05, 0) is 59.7 Å². The molecule has 0 aliphatic carbocycles. The van der Waals surface area contributed by atoms with Gasteiger partial charge in [0.15, 0.2) is 0 Å². The average Bonchev–Trinajstić information content (AvgIpc) is 3.39. The summed E-state index contributed by atoms with van der Waals surface area (Å²) in [5.74, 6) is 0. The van der Waals surface area contributed by atoms with Gasteiger partial charge in [-0.15, -0.1) is 0 Å². The van der Waals surface area contributed by atoms with E-state index in [9.17, 15) is 0 Å². The van der Waals surface area contributed by atoms with E-state index >= 15 is 0 Å². The highest BCUT2D eigenvalue weighted by molar-refractivity contribution is 6.10. The zero-order valence-corrected chi connectivity index (χ0v) is 17.4. The van der Waals surface area contributed by atoms with Crippen LogP contribution in [0, 0.1) is 0 Å². The highest BCUT2D eigenvalue weighted by Gasteiger charge is 2.23. The molecule has 0 amide bonds. The van der Waals surface area contributed by atoms with E-state index in [0.717, 1.165) is 5.69 Å². The molecule has 0 bridgehead atoms. The van der Waals surface area contributed by atoms with E-state index in [1.807, 2.05) is 12.4 Å². The molecule has 0 fully saturated rings. The molecule has 0 radical (unpaired) electrons. The van der Waals surface area contributed by atoms with Gasteiger partial charge in [0.25, 0.3) is 0 Å². The quantitative estimate of drug-likeness (QED) is 0.331. The second-order valence-corrected chi connectivity index (χ2v) is 8.32. The van der Waals surface area contributed by atoms with Crippen LogP contribution in [-0.4, -0.2) is 9.55 Å². The molecule has 3 heteroatoms. The number of para-hydroxylation sites is 2. The third-order valence-electron chi connectivity index (χ3n) is 6.54. The Morgan fingerprint density at radius 1 is 0.562 bits per heavy atom. The van der Waals surface area contributed by atoms with Crippen LogP contribution in [0.2, 0.25) is 0 Å². The number of hydrogen-bond acceptors (Lipinski definition) is 1. The lowest BCUT2D eigenvalue weighted by molar-refractivity contribution is -0.473. The number of quaternary nitrogens is 1. The van der Waals surface area contributed by atoms with E-state index < -0.39 is 0 Å². The molecule has 0 atom stereocenters. The smallest absolute Gasteiger partial charge is 0.142 e. The SMILES string of the molecule is c1ccc2c(c1)[NH2+]c1ccc(-c3ccc4c(c3)c3ccccc3n4-c3ccncc3)cc1-2. The molecule has 4 aromatic carbocycles. The van der Waals surface area contributed by atoms with Gasteiger partial charge < -0.3 is 4.57 Å². The Morgan fingerprint density at radius 2 is 1.28 bits per heavy atom. The fraction of sp³-hybridized carbons (Fsp3) is 0. The summed E-state index contributed by atoms with van der Waals surface area (Å²) in [4.78, 5) is 4.20. The summed E-state index contributed by atoms with van der Waals surface area (Å²) in [5.41, 5.74) is 11.3. The fourth-order valence-corrected chi connectivity index (χ4v) is 5.05. The van der Waals surface area contributed by atoms with Gasteiger partial charge in [-0.25, -0.2) is 0 Å². The number of nitrogens with two attached hydrogens (primary N) is 1. The summed E-state index contributed by atoms with van der Waals surface area (Å²) in [7, 11) is 0. The van der Waals surface area contributed by atoms with Gasteiger partial charge in [0.1, 0.15) is 11.4 Å². The van der Waals surface area contributed by atoms with Crippen molar-refractivity contribution < 1.29 is 5.32 Å². The van der Waals surface area contributed by atoms with Crippen LogP contribution >= 0.6 is 0 Å². The molecule has 6 aromatic rings. The van der Waals surface area contributed by atoms with Crippen molar-refractivity contribution in [3.8, 4) is 27.9 Å². The molecule has 150 valence electrons. The topological polar surface area (TPSA) is 34.4 Å². The second-order valence-electron chi connectivity index (χ2n) is 8.32. The van der Waals surface area contributed by atoms with Gasteiger partial charge in [-0.2, -0.15) is 0 Å². The summed E-state index contributed by atoms with van der Waals surface area (Å²) in [6.07, 6.45) is 3.70. The first-order valence-corrected chi connectivity index (χ1v) is 10.9. The zero-order chi connectivity index (χ0) is 21.1. The zero-order valence-electron chi connectivity index (χ0n) is 17.4. The van der Waals surface area contributed by atoms with Crippen LogP contribution in [0.5, 0.6) is 0 Å². The summed E-state index contributed by atoms with van der Waals surface area (Å²) in [5, 5.41) is 4.81. The second kappa shape index (κ2) is 6.64. The molecular formula is C29H20N3+. The van der Waals surface area contributed by atoms with Crippen LogP contribution in [0.15, 0.2) is 109 Å². The van der Waals surface area contributed by atoms with Gasteiger partial charge in [0, 0.05) is 52.1 Å². The van der Waals surface area contributed by atoms with E-state index in [2.05, 4.69) is 112 Å². The van der Waals surface area contributed by atoms with Crippen LogP contribution in [-0.2, 0) is 0 Å². The molecule has 3 heterocycles. The van der Waals surface area contributed by atoms with Gasteiger partial charge in [0.05, 0.1) is 11.0 Å². The lowest BCUT2D eigenvalue weighted by Gasteiger charge is -2.08. The lowest BCUT2D eigenvalue weighted by atomic mass is 9.98. The first-order chi connectivity index (χ1) is 15.9. The largest absolute Gasteiger partial charge is 0.309 e. The summed E-state index contributed by atoms with van der Waals surface area (Å²) < 4.78 is 2.32. The van der Waals surface area contributed by atoms with E-state index in [0.29, 0.717) is 0 Å². The van der Waals surface area contributed by atoms with Crippen molar-refractivity contribution in [2.75, 3.05) is 0 Å². The minimum atomic E-state index is 1.13. The fourth-order valence-electron chi connectivity index (χ4n) is 5.05. The number of hydrogen-bond donors (Lipinski definition) is 1. The number of rotatable bonds is 2. The van der Waals surface area contributed by atoms with Gasteiger partial charge in [-0.3, -0.25) is 10.3 Å². The number of benzene rings is 4. The third kappa shape index (κ3) is 2.49. The van der Waals surface area contributed by atoms with Crippen LogP contribution < -0.4 is 5.32 Å². The van der Waals surface area contributed by atoms with E-state index in [-0.39, 0.29) is 0 Å². The molecule has 1 aliphatic heterocycles. The van der Waals surface area contributed by atoms with Crippen LogP contribution in [0.25, 0.3) is 49.7 Å². The molecular weight excluding hydrogens is 390 g/mol. The Hall–Kier alpha value is -4.21. The highest BCUT2D eigenvalue weighted by Crippen LogP contribution is 2.39. The summed E-state index contributed by atoms with van der Waals surface area (Å²) in [6.45, 7) is 0. The van der Waals surface area contributed by atoms with E-state index in [4.69, 9.17) is 0 Å². The van der Waals surface area contributed by atoms with E-state index in [1.54, 1.807) is 0 Å². The minimum Gasteiger partial charge on any atom is -0.309 e. The van der Waals surface area contributed by atoms with Crippen molar-refractivity contribution in [1.29, 1.82) is 0 Å². The standard InChI is InChI=1S/C29H19N3/c1-3-7-26-22(5-1)24-17-19(9-11-27(24)31-26)20-10-12-29-25(18-20)23-6-2-4-8-28(23)32(29)21-13-15-30-16-14-21/h1-18,31H/p+1. The van der Waals surface area contributed by atoms with Crippen molar-refractivity contribution in [2.45, 2.75) is 0 Å². The molecule has 2 aromatic heterocycles. The van der Waals surface area contributed by atoms with Crippen LogP contribution in [0.4, 0.5) is 11.4 Å². The molecule has 3 nitrogen and oxygen atoms in total. The van der Waals surface area contributed by atoms with Crippen molar-refractivity contribution in [2.24, 2.45) is 0 Å². The Balaban J connectivity index is 1.45. The Bertz CT molecular complexity index is 1640. The highest BCUT2D eigenvalue weighted by atomic mass is 15.0. The number of aromatic nitrogens is 2. The number of pyridine rings is 1. The number of fused-ring (bicyclic) bond motifs is 6. The predicted molar refractivity (Wildman–Crippen MR) is 131 cm³/mol. The lowest BCUT2D eigenvalue weighted by Crippen LogP contribution is -2.69. The number of nitrogens with zero attached hydrogens (tertiary/aromatic N) is 2.